The van der Waals surface area contributed by atoms with Crippen LogP contribution in [0, 0.1) is 10.1 Å². The summed E-state index contributed by atoms with van der Waals surface area (Å²) in [5.74, 6) is -0.525. The number of amides is 1. The van der Waals surface area contributed by atoms with Crippen molar-refractivity contribution in [2.24, 2.45) is 0 Å². The SMILES string of the molecule is Nc1cc2ccccc2c(=O)n1NC(=O)c1ccc([N+](=O)[O-])cc1. The summed E-state index contributed by atoms with van der Waals surface area (Å²) >= 11 is 0. The van der Waals surface area contributed by atoms with Crippen LogP contribution >= 0.6 is 0 Å². The summed E-state index contributed by atoms with van der Waals surface area (Å²) in [5, 5.41) is 11.7. The molecule has 8 heteroatoms. The van der Waals surface area contributed by atoms with Gasteiger partial charge >= 0.3 is 0 Å². The van der Waals surface area contributed by atoms with E-state index in [1.807, 2.05) is 0 Å². The number of non-ortho nitro benzene ring substituents is 1. The van der Waals surface area contributed by atoms with E-state index in [4.69, 9.17) is 5.73 Å². The number of hydrogen-bond donors (Lipinski definition) is 2. The third-order valence-corrected chi connectivity index (χ3v) is 3.51. The molecule has 120 valence electrons. The van der Waals surface area contributed by atoms with Gasteiger partial charge in [-0.1, -0.05) is 18.2 Å². The number of carbonyl (C=O) groups is 1. The molecule has 1 amide bonds. The number of benzene rings is 2. The summed E-state index contributed by atoms with van der Waals surface area (Å²) in [5.41, 5.74) is 7.82. The van der Waals surface area contributed by atoms with Gasteiger partial charge in [0.25, 0.3) is 17.2 Å². The molecular weight excluding hydrogens is 312 g/mol. The smallest absolute Gasteiger partial charge is 0.278 e. The van der Waals surface area contributed by atoms with Crippen molar-refractivity contribution in [3.05, 3.63) is 80.6 Å². The van der Waals surface area contributed by atoms with Crippen LogP contribution in [0.3, 0.4) is 0 Å². The number of nitrogens with one attached hydrogen (secondary N) is 1. The summed E-state index contributed by atoms with van der Waals surface area (Å²) < 4.78 is 0.950. The van der Waals surface area contributed by atoms with Gasteiger partial charge in [-0.3, -0.25) is 25.1 Å². The molecule has 0 saturated carbocycles. The second-order valence-electron chi connectivity index (χ2n) is 5.04. The van der Waals surface area contributed by atoms with Crippen molar-refractivity contribution < 1.29 is 9.72 Å². The van der Waals surface area contributed by atoms with Crippen molar-refractivity contribution in [1.82, 2.24) is 4.68 Å². The quantitative estimate of drug-likeness (QED) is 0.563. The predicted molar refractivity (Wildman–Crippen MR) is 89.4 cm³/mol. The monoisotopic (exact) mass is 324 g/mol. The Morgan fingerprint density at radius 1 is 1.12 bits per heavy atom. The van der Waals surface area contributed by atoms with Crippen molar-refractivity contribution in [3.63, 3.8) is 0 Å². The first-order valence-corrected chi connectivity index (χ1v) is 6.93. The number of nitrogen functional groups attached to an aromatic ring is 1. The van der Waals surface area contributed by atoms with Crippen LogP contribution in [0.25, 0.3) is 10.8 Å². The highest BCUT2D eigenvalue weighted by atomic mass is 16.6. The van der Waals surface area contributed by atoms with E-state index in [2.05, 4.69) is 5.43 Å². The molecule has 24 heavy (non-hydrogen) atoms. The highest BCUT2D eigenvalue weighted by molar-refractivity contribution is 6.00. The Morgan fingerprint density at radius 3 is 2.46 bits per heavy atom. The number of carbonyl (C=O) groups excluding carboxylic acids is 1. The second kappa shape index (κ2) is 5.84. The number of nitrogens with two attached hydrogens (primary N) is 1. The van der Waals surface area contributed by atoms with Gasteiger partial charge < -0.3 is 5.73 Å². The van der Waals surface area contributed by atoms with Crippen molar-refractivity contribution in [3.8, 4) is 0 Å². The number of nitrogens with zero attached hydrogens (tertiary/aromatic N) is 2. The van der Waals surface area contributed by atoms with Crippen LogP contribution in [0.15, 0.2) is 59.4 Å². The van der Waals surface area contributed by atoms with E-state index in [-0.39, 0.29) is 17.1 Å². The van der Waals surface area contributed by atoms with E-state index >= 15 is 0 Å². The summed E-state index contributed by atoms with van der Waals surface area (Å²) in [4.78, 5) is 34.7. The molecule has 0 spiro atoms. The zero-order chi connectivity index (χ0) is 17.3. The molecule has 8 nitrogen and oxygen atoms in total. The Labute approximate surface area is 135 Å². The van der Waals surface area contributed by atoms with Crippen LogP contribution in [-0.4, -0.2) is 15.5 Å². The molecule has 0 aliphatic heterocycles. The number of hydrogen-bond acceptors (Lipinski definition) is 5. The topological polar surface area (TPSA) is 120 Å². The average molecular weight is 324 g/mol. The molecule has 0 radical (unpaired) electrons. The van der Waals surface area contributed by atoms with Crippen molar-refractivity contribution in [2.45, 2.75) is 0 Å². The van der Waals surface area contributed by atoms with E-state index in [0.29, 0.717) is 10.8 Å². The first-order valence-electron chi connectivity index (χ1n) is 6.93. The van der Waals surface area contributed by atoms with Gasteiger partial charge in [0.1, 0.15) is 5.82 Å². The Kier molecular flexibility index (Phi) is 3.70. The minimum Gasteiger partial charge on any atom is -0.384 e. The highest BCUT2D eigenvalue weighted by Gasteiger charge is 2.13. The lowest BCUT2D eigenvalue weighted by Crippen LogP contribution is -2.34. The van der Waals surface area contributed by atoms with Crippen LogP contribution in [0.2, 0.25) is 0 Å². The fraction of sp³-hybridized carbons (Fsp3) is 0. The molecule has 1 aromatic heterocycles. The molecule has 3 N–H and O–H groups in total. The lowest BCUT2D eigenvalue weighted by molar-refractivity contribution is -0.384. The van der Waals surface area contributed by atoms with Crippen LogP contribution in [0.1, 0.15) is 10.4 Å². The van der Waals surface area contributed by atoms with Crippen LogP contribution in [0.4, 0.5) is 11.5 Å². The van der Waals surface area contributed by atoms with Gasteiger partial charge in [-0.05, 0) is 29.7 Å². The summed E-state index contributed by atoms with van der Waals surface area (Å²) in [7, 11) is 0. The van der Waals surface area contributed by atoms with Crippen molar-refractivity contribution in [1.29, 1.82) is 0 Å². The maximum atomic E-state index is 12.4. The van der Waals surface area contributed by atoms with Gasteiger partial charge in [0.2, 0.25) is 0 Å². The van der Waals surface area contributed by atoms with Crippen molar-refractivity contribution in [2.75, 3.05) is 11.2 Å². The van der Waals surface area contributed by atoms with Gasteiger partial charge in [-0.25, -0.2) is 4.68 Å². The molecule has 0 aliphatic carbocycles. The van der Waals surface area contributed by atoms with E-state index in [1.165, 1.54) is 24.3 Å². The first kappa shape index (κ1) is 15.2. The molecule has 0 atom stereocenters. The van der Waals surface area contributed by atoms with Crippen LogP contribution in [-0.2, 0) is 0 Å². The first-order chi connectivity index (χ1) is 11.5. The molecule has 0 bridgehead atoms. The maximum Gasteiger partial charge on any atom is 0.278 e. The number of nitro benzene ring substituents is 1. The van der Waals surface area contributed by atoms with E-state index in [0.717, 1.165) is 4.68 Å². The molecule has 2 aromatic carbocycles. The molecule has 0 aliphatic rings. The molecule has 3 rings (SSSR count). The predicted octanol–water partition coefficient (Wildman–Crippen LogP) is 1.88. The molecule has 3 aromatic rings. The molecule has 0 unspecified atom stereocenters. The average Bonchev–Trinajstić information content (AvgIpc) is 2.58. The fourth-order valence-electron chi connectivity index (χ4n) is 2.30. The van der Waals surface area contributed by atoms with Crippen LogP contribution in [0.5, 0.6) is 0 Å². The summed E-state index contributed by atoms with van der Waals surface area (Å²) in [6.45, 7) is 0. The largest absolute Gasteiger partial charge is 0.384 e. The number of rotatable bonds is 3. The minimum atomic E-state index is -0.603. The standard InChI is InChI=1S/C16H12N4O4/c17-14-9-11-3-1-2-4-13(11)16(22)19(14)18-15(21)10-5-7-12(8-6-10)20(23)24/h1-9H,17H2,(H,18,21). The molecule has 0 fully saturated rings. The van der Waals surface area contributed by atoms with Gasteiger partial charge in [0, 0.05) is 23.1 Å². The van der Waals surface area contributed by atoms with Gasteiger partial charge in [-0.15, -0.1) is 0 Å². The molecule has 1 heterocycles. The zero-order valence-corrected chi connectivity index (χ0v) is 12.3. The Balaban J connectivity index is 1.96. The zero-order valence-electron chi connectivity index (χ0n) is 12.3. The van der Waals surface area contributed by atoms with E-state index < -0.39 is 16.4 Å². The highest BCUT2D eigenvalue weighted by Crippen LogP contribution is 2.14. The Bertz CT molecular complexity index is 1010. The summed E-state index contributed by atoms with van der Waals surface area (Å²) in [6, 6.07) is 13.5. The number of aromatic nitrogens is 1. The number of nitro groups is 1. The van der Waals surface area contributed by atoms with E-state index in [1.54, 1.807) is 30.3 Å². The number of pyridine rings is 1. The second-order valence-corrected chi connectivity index (χ2v) is 5.04. The normalized spacial score (nSPS) is 10.5. The van der Waals surface area contributed by atoms with Gasteiger partial charge in [0.05, 0.1) is 4.92 Å². The van der Waals surface area contributed by atoms with Gasteiger partial charge in [-0.2, -0.15) is 0 Å². The summed E-state index contributed by atoms with van der Waals surface area (Å²) in [6.07, 6.45) is 0. The van der Waals surface area contributed by atoms with Crippen LogP contribution < -0.4 is 16.7 Å². The molecular formula is C16H12N4O4. The number of anilines is 1. The third kappa shape index (κ3) is 2.68. The fourth-order valence-corrected chi connectivity index (χ4v) is 2.30. The van der Waals surface area contributed by atoms with E-state index in [9.17, 15) is 19.7 Å². The van der Waals surface area contributed by atoms with Crippen molar-refractivity contribution >= 4 is 28.2 Å². The Morgan fingerprint density at radius 2 is 1.79 bits per heavy atom. The lowest BCUT2D eigenvalue weighted by atomic mass is 10.2. The third-order valence-electron chi connectivity index (χ3n) is 3.51. The number of fused-ring (bicyclic) bond motifs is 1. The minimum absolute atomic E-state index is 0.0777. The Hall–Kier alpha value is -3.68. The maximum absolute atomic E-state index is 12.4. The lowest BCUT2D eigenvalue weighted by Gasteiger charge is -2.12. The van der Waals surface area contributed by atoms with Gasteiger partial charge in [0.15, 0.2) is 0 Å². The molecule has 0 saturated heterocycles.